The quantitative estimate of drug-likeness (QED) is 0.428. The lowest BCUT2D eigenvalue weighted by molar-refractivity contribution is -0.306. The van der Waals surface area contributed by atoms with Gasteiger partial charge in [0.25, 0.3) is 0 Å². The molecule has 0 bridgehead atoms. The van der Waals surface area contributed by atoms with E-state index < -0.39 is 48.1 Å². The van der Waals surface area contributed by atoms with Crippen LogP contribution in [0.4, 0.5) is 0 Å². The van der Waals surface area contributed by atoms with E-state index in [0.29, 0.717) is 0 Å². The van der Waals surface area contributed by atoms with Crippen LogP contribution in [0.5, 0.6) is 0 Å². The molecule has 28 heavy (non-hydrogen) atoms. The lowest BCUT2D eigenvalue weighted by Crippen LogP contribution is -2.62. The van der Waals surface area contributed by atoms with Crippen LogP contribution in [0, 0.1) is 11.3 Å². The van der Waals surface area contributed by atoms with Gasteiger partial charge in [0, 0.05) is 21.3 Å². The van der Waals surface area contributed by atoms with E-state index in [1.165, 1.54) is 21.3 Å². The lowest BCUT2D eigenvalue weighted by Gasteiger charge is -2.44. The summed E-state index contributed by atoms with van der Waals surface area (Å²) in [5, 5.41) is 0. The van der Waals surface area contributed by atoms with Crippen LogP contribution in [0.2, 0.25) is 0 Å². The predicted octanol–water partition coefficient (Wildman–Crippen LogP) is 2.10. The van der Waals surface area contributed by atoms with E-state index in [0.717, 1.165) is 0 Å². The fourth-order valence-corrected chi connectivity index (χ4v) is 2.76. The second-order valence-electron chi connectivity index (χ2n) is 7.93. The molecule has 6 atom stereocenters. The molecule has 0 unspecified atom stereocenters. The first kappa shape index (κ1) is 24.6. The third kappa shape index (κ3) is 6.55. The van der Waals surface area contributed by atoms with Gasteiger partial charge in [-0.05, 0) is 26.7 Å². The van der Waals surface area contributed by atoms with Gasteiger partial charge in [-0.15, -0.1) is 6.58 Å². The minimum absolute atomic E-state index is 0.0584. The summed E-state index contributed by atoms with van der Waals surface area (Å²) in [6.07, 6.45) is -2.30. The smallest absolute Gasteiger partial charge is 0.311 e. The van der Waals surface area contributed by atoms with Gasteiger partial charge in [0.1, 0.15) is 12.2 Å². The van der Waals surface area contributed by atoms with Gasteiger partial charge in [0.2, 0.25) is 0 Å². The van der Waals surface area contributed by atoms with Crippen LogP contribution in [-0.2, 0) is 38.0 Å². The van der Waals surface area contributed by atoms with Crippen molar-refractivity contribution in [2.45, 2.75) is 64.8 Å². The highest BCUT2D eigenvalue weighted by atomic mass is 16.7. The van der Waals surface area contributed by atoms with Crippen LogP contribution in [0.25, 0.3) is 0 Å². The van der Waals surface area contributed by atoms with E-state index in [-0.39, 0.29) is 18.9 Å². The molecule has 1 fully saturated rings. The molecule has 162 valence electrons. The Balaban J connectivity index is 3.17. The molecular weight excluding hydrogens is 368 g/mol. The molecule has 1 aliphatic heterocycles. The molecular formula is C20H34O8. The van der Waals surface area contributed by atoms with E-state index in [1.807, 2.05) is 6.92 Å². The average molecular weight is 402 g/mol. The number of rotatable bonds is 9. The number of carbonyl (C=O) groups excluding carboxylic acids is 2. The predicted molar refractivity (Wildman–Crippen MR) is 102 cm³/mol. The first-order valence-electron chi connectivity index (χ1n) is 9.32. The average Bonchev–Trinajstić information content (AvgIpc) is 2.62. The number of allylic oxidation sites excluding steroid dienone is 1. The zero-order chi connectivity index (χ0) is 21.5. The van der Waals surface area contributed by atoms with E-state index in [2.05, 4.69) is 6.58 Å². The van der Waals surface area contributed by atoms with E-state index >= 15 is 0 Å². The molecule has 0 spiro atoms. The maximum absolute atomic E-state index is 12.5. The van der Waals surface area contributed by atoms with Gasteiger partial charge < -0.3 is 28.4 Å². The highest BCUT2D eigenvalue weighted by molar-refractivity contribution is 5.75. The Morgan fingerprint density at radius 2 is 1.71 bits per heavy atom. The normalized spacial score (nSPS) is 29.0. The van der Waals surface area contributed by atoms with Gasteiger partial charge in [0.05, 0.1) is 18.4 Å². The van der Waals surface area contributed by atoms with Crippen LogP contribution in [0.15, 0.2) is 12.7 Å². The van der Waals surface area contributed by atoms with Crippen molar-refractivity contribution in [2.75, 3.05) is 27.9 Å². The summed E-state index contributed by atoms with van der Waals surface area (Å²) in [4.78, 5) is 25.0. The third-order valence-corrected chi connectivity index (χ3v) is 4.44. The number of methoxy groups -OCH3 is 3. The Bertz CT molecular complexity index is 527. The largest absolute Gasteiger partial charge is 0.455 e. The van der Waals surface area contributed by atoms with Gasteiger partial charge in [0.15, 0.2) is 18.5 Å². The van der Waals surface area contributed by atoms with Crippen LogP contribution in [-0.4, -0.2) is 70.6 Å². The number of ether oxygens (including phenoxy) is 6. The van der Waals surface area contributed by atoms with E-state index in [4.69, 9.17) is 28.4 Å². The highest BCUT2D eigenvalue weighted by Crippen LogP contribution is 2.31. The fraction of sp³-hybridized carbons (Fsp3) is 0.800. The standard InChI is InChI=1S/C20H34O8/c1-9-12(2)10-14(21)27-16-15(24-7)13(11-23-6)26-18(25-8)17(16)28-19(22)20(3,4)5/h9,12-13,15-18H,1,10-11H2,2-8H3/t12-,13+,15+,16-,17-,18-/m0/s1. The molecule has 1 saturated heterocycles. The van der Waals surface area contributed by atoms with Crippen molar-refractivity contribution in [2.24, 2.45) is 11.3 Å². The van der Waals surface area contributed by atoms with Crippen LogP contribution >= 0.6 is 0 Å². The summed E-state index contributed by atoms with van der Waals surface area (Å²) >= 11 is 0. The van der Waals surface area contributed by atoms with E-state index in [1.54, 1.807) is 26.8 Å². The maximum atomic E-state index is 12.5. The zero-order valence-corrected chi connectivity index (χ0v) is 17.9. The second-order valence-corrected chi connectivity index (χ2v) is 7.93. The maximum Gasteiger partial charge on any atom is 0.311 e. The molecule has 0 saturated carbocycles. The second kappa shape index (κ2) is 10.9. The molecule has 8 nitrogen and oxygen atoms in total. The van der Waals surface area contributed by atoms with Crippen molar-refractivity contribution in [3.05, 3.63) is 12.7 Å². The molecule has 0 aromatic rings. The lowest BCUT2D eigenvalue weighted by atomic mass is 9.95. The van der Waals surface area contributed by atoms with Crippen molar-refractivity contribution in [3.8, 4) is 0 Å². The van der Waals surface area contributed by atoms with Crippen LogP contribution in [0.1, 0.15) is 34.1 Å². The summed E-state index contributed by atoms with van der Waals surface area (Å²) in [6, 6.07) is 0. The summed E-state index contributed by atoms with van der Waals surface area (Å²) in [6.45, 7) is 10.9. The molecule has 0 amide bonds. The SMILES string of the molecule is C=C[C@H](C)CC(=O)O[C@@H]1[C@H](OC(=O)C(C)(C)C)[C@@H](OC)O[C@H](COC)[C@H]1OC. The van der Waals surface area contributed by atoms with Gasteiger partial charge in [-0.1, -0.05) is 13.0 Å². The summed E-state index contributed by atoms with van der Waals surface area (Å²) in [5.74, 6) is -0.982. The Kier molecular flexibility index (Phi) is 9.56. The molecule has 0 aromatic heterocycles. The summed E-state index contributed by atoms with van der Waals surface area (Å²) in [5.41, 5.74) is -0.754. The summed E-state index contributed by atoms with van der Waals surface area (Å²) in [7, 11) is 4.42. The van der Waals surface area contributed by atoms with Gasteiger partial charge >= 0.3 is 11.9 Å². The minimum Gasteiger partial charge on any atom is -0.455 e. The van der Waals surface area contributed by atoms with Crippen LogP contribution < -0.4 is 0 Å². The molecule has 1 rings (SSSR count). The monoisotopic (exact) mass is 402 g/mol. The number of hydrogen-bond acceptors (Lipinski definition) is 8. The molecule has 0 N–H and O–H groups in total. The van der Waals surface area contributed by atoms with E-state index in [9.17, 15) is 9.59 Å². The van der Waals surface area contributed by atoms with Gasteiger partial charge in [-0.2, -0.15) is 0 Å². The van der Waals surface area contributed by atoms with Gasteiger partial charge in [-0.25, -0.2) is 0 Å². The molecule has 1 aliphatic rings. The Hall–Kier alpha value is -1.48. The zero-order valence-electron chi connectivity index (χ0n) is 17.9. The van der Waals surface area contributed by atoms with Crippen LogP contribution in [0.3, 0.4) is 0 Å². The Labute approximate surface area is 167 Å². The van der Waals surface area contributed by atoms with Crippen molar-refractivity contribution in [3.63, 3.8) is 0 Å². The van der Waals surface area contributed by atoms with Crippen molar-refractivity contribution in [1.29, 1.82) is 0 Å². The molecule has 0 aliphatic carbocycles. The third-order valence-electron chi connectivity index (χ3n) is 4.44. The first-order valence-corrected chi connectivity index (χ1v) is 9.32. The Morgan fingerprint density at radius 1 is 1.07 bits per heavy atom. The molecule has 0 radical (unpaired) electrons. The number of esters is 2. The van der Waals surface area contributed by atoms with Crippen molar-refractivity contribution < 1.29 is 38.0 Å². The van der Waals surface area contributed by atoms with Crippen molar-refractivity contribution in [1.82, 2.24) is 0 Å². The van der Waals surface area contributed by atoms with Crippen molar-refractivity contribution >= 4 is 11.9 Å². The minimum atomic E-state index is -0.988. The highest BCUT2D eigenvalue weighted by Gasteiger charge is 2.51. The first-order chi connectivity index (χ1) is 13.1. The number of carbonyl (C=O) groups is 2. The molecule has 0 aromatic carbocycles. The fourth-order valence-electron chi connectivity index (χ4n) is 2.76. The Morgan fingerprint density at radius 3 is 2.18 bits per heavy atom. The number of hydrogen-bond donors (Lipinski definition) is 0. The van der Waals surface area contributed by atoms with Gasteiger partial charge in [-0.3, -0.25) is 9.59 Å². The summed E-state index contributed by atoms with van der Waals surface area (Å²) < 4.78 is 33.3. The topological polar surface area (TPSA) is 89.5 Å². The molecule has 1 heterocycles. The molecule has 8 heteroatoms.